The van der Waals surface area contributed by atoms with E-state index in [0.717, 1.165) is 24.2 Å². The van der Waals surface area contributed by atoms with E-state index in [-0.39, 0.29) is 6.04 Å². The van der Waals surface area contributed by atoms with E-state index in [4.69, 9.17) is 0 Å². The van der Waals surface area contributed by atoms with Crippen molar-refractivity contribution in [3.63, 3.8) is 0 Å². The van der Waals surface area contributed by atoms with Gasteiger partial charge in [-0.05, 0) is 25.2 Å². The van der Waals surface area contributed by atoms with Crippen molar-refractivity contribution in [3.05, 3.63) is 71.8 Å². The zero-order valence-electron chi connectivity index (χ0n) is 12.7. The van der Waals surface area contributed by atoms with Gasteiger partial charge in [0.25, 0.3) is 0 Å². The van der Waals surface area contributed by atoms with Gasteiger partial charge in [-0.3, -0.25) is 0 Å². The second kappa shape index (κ2) is 7.93. The standard InChI is InChI=1S/C18H24N2O/c1-20(2)14-13-19-17(15-9-5-3-6-10-15)18(21)16-11-7-4-8-12-16/h3-12,17-19,21H,13-14H2,1-2H3/t17-,18-/m1/s1. The van der Waals surface area contributed by atoms with Gasteiger partial charge in [-0.1, -0.05) is 60.7 Å². The second-order valence-corrected chi connectivity index (χ2v) is 5.50. The maximum absolute atomic E-state index is 10.7. The van der Waals surface area contributed by atoms with Crippen molar-refractivity contribution in [2.75, 3.05) is 27.2 Å². The smallest absolute Gasteiger partial charge is 0.0984 e. The summed E-state index contributed by atoms with van der Waals surface area (Å²) in [6, 6.07) is 19.8. The van der Waals surface area contributed by atoms with Crippen LogP contribution in [0.4, 0.5) is 0 Å². The van der Waals surface area contributed by atoms with E-state index in [1.807, 2.05) is 62.6 Å². The molecule has 2 N–H and O–H groups in total. The topological polar surface area (TPSA) is 35.5 Å². The summed E-state index contributed by atoms with van der Waals surface area (Å²) in [5.74, 6) is 0. The maximum Gasteiger partial charge on any atom is 0.0984 e. The molecule has 0 radical (unpaired) electrons. The Labute approximate surface area is 127 Å². The zero-order chi connectivity index (χ0) is 15.1. The molecule has 112 valence electrons. The first kappa shape index (κ1) is 15.7. The molecule has 0 fully saturated rings. The van der Waals surface area contributed by atoms with Gasteiger partial charge in [0.1, 0.15) is 0 Å². The van der Waals surface area contributed by atoms with Crippen molar-refractivity contribution >= 4 is 0 Å². The molecule has 0 spiro atoms. The van der Waals surface area contributed by atoms with E-state index in [1.165, 1.54) is 0 Å². The summed E-state index contributed by atoms with van der Waals surface area (Å²) >= 11 is 0. The first-order chi connectivity index (χ1) is 10.2. The van der Waals surface area contributed by atoms with Gasteiger partial charge in [-0.15, -0.1) is 0 Å². The maximum atomic E-state index is 10.7. The molecule has 2 rings (SSSR count). The Hall–Kier alpha value is -1.68. The molecule has 0 aliphatic heterocycles. The van der Waals surface area contributed by atoms with Gasteiger partial charge < -0.3 is 15.3 Å². The first-order valence-electron chi connectivity index (χ1n) is 7.34. The third-order valence-electron chi connectivity index (χ3n) is 3.54. The number of nitrogens with zero attached hydrogens (tertiary/aromatic N) is 1. The molecule has 0 amide bonds. The van der Waals surface area contributed by atoms with Gasteiger partial charge in [-0.2, -0.15) is 0 Å². The molecule has 2 aromatic rings. The lowest BCUT2D eigenvalue weighted by Gasteiger charge is -2.26. The highest BCUT2D eigenvalue weighted by molar-refractivity contribution is 5.26. The van der Waals surface area contributed by atoms with Crippen LogP contribution in [0.3, 0.4) is 0 Å². The monoisotopic (exact) mass is 284 g/mol. The summed E-state index contributed by atoms with van der Waals surface area (Å²) in [5, 5.41) is 14.2. The summed E-state index contributed by atoms with van der Waals surface area (Å²) in [7, 11) is 4.10. The number of benzene rings is 2. The van der Waals surface area contributed by atoms with Crippen LogP contribution >= 0.6 is 0 Å². The average molecular weight is 284 g/mol. The van der Waals surface area contributed by atoms with Crippen LogP contribution in [0, 0.1) is 0 Å². The number of aliphatic hydroxyl groups is 1. The van der Waals surface area contributed by atoms with Gasteiger partial charge in [0.05, 0.1) is 12.1 Å². The highest BCUT2D eigenvalue weighted by Crippen LogP contribution is 2.28. The Bertz CT molecular complexity index is 513. The van der Waals surface area contributed by atoms with Gasteiger partial charge >= 0.3 is 0 Å². The highest BCUT2D eigenvalue weighted by atomic mass is 16.3. The predicted octanol–water partition coefficient (Wildman–Crippen LogP) is 2.61. The van der Waals surface area contributed by atoms with Gasteiger partial charge in [0.15, 0.2) is 0 Å². The van der Waals surface area contributed by atoms with Crippen molar-refractivity contribution in [2.45, 2.75) is 12.1 Å². The van der Waals surface area contributed by atoms with Crippen LogP contribution in [0.25, 0.3) is 0 Å². The second-order valence-electron chi connectivity index (χ2n) is 5.50. The van der Waals surface area contributed by atoms with Crippen LogP contribution < -0.4 is 5.32 Å². The number of nitrogens with one attached hydrogen (secondary N) is 1. The van der Waals surface area contributed by atoms with Crippen LogP contribution in [0.2, 0.25) is 0 Å². The van der Waals surface area contributed by atoms with Gasteiger partial charge in [-0.25, -0.2) is 0 Å². The van der Waals surface area contributed by atoms with E-state index in [0.29, 0.717) is 0 Å². The number of hydrogen-bond acceptors (Lipinski definition) is 3. The molecule has 0 saturated heterocycles. The molecule has 0 aliphatic rings. The molecule has 0 aromatic heterocycles. The Balaban J connectivity index is 2.15. The van der Waals surface area contributed by atoms with Gasteiger partial charge in [0, 0.05) is 13.1 Å². The third-order valence-corrected chi connectivity index (χ3v) is 3.54. The van der Waals surface area contributed by atoms with E-state index < -0.39 is 6.10 Å². The van der Waals surface area contributed by atoms with E-state index in [2.05, 4.69) is 22.3 Å². The average Bonchev–Trinajstić information content (AvgIpc) is 2.52. The molecule has 0 bridgehead atoms. The van der Waals surface area contributed by atoms with Crippen molar-refractivity contribution in [3.8, 4) is 0 Å². The quantitative estimate of drug-likeness (QED) is 0.820. The Morgan fingerprint density at radius 2 is 1.43 bits per heavy atom. The Morgan fingerprint density at radius 3 is 1.95 bits per heavy atom. The SMILES string of the molecule is CN(C)CCN[C@H](c1ccccc1)[C@H](O)c1ccccc1. The van der Waals surface area contributed by atoms with Crippen LogP contribution in [0.5, 0.6) is 0 Å². The fourth-order valence-corrected chi connectivity index (χ4v) is 2.36. The largest absolute Gasteiger partial charge is 0.386 e. The third kappa shape index (κ3) is 4.67. The molecular formula is C18H24N2O. The molecule has 2 atom stereocenters. The molecule has 3 nitrogen and oxygen atoms in total. The lowest BCUT2D eigenvalue weighted by atomic mass is 9.96. The van der Waals surface area contributed by atoms with E-state index >= 15 is 0 Å². The highest BCUT2D eigenvalue weighted by Gasteiger charge is 2.21. The summed E-state index contributed by atoms with van der Waals surface area (Å²) < 4.78 is 0. The molecule has 0 saturated carbocycles. The molecular weight excluding hydrogens is 260 g/mol. The fourth-order valence-electron chi connectivity index (χ4n) is 2.36. The lowest BCUT2D eigenvalue weighted by molar-refractivity contribution is 0.127. The predicted molar refractivity (Wildman–Crippen MR) is 87.1 cm³/mol. The number of rotatable bonds is 7. The summed E-state index contributed by atoms with van der Waals surface area (Å²) in [4.78, 5) is 2.13. The molecule has 0 heterocycles. The molecule has 21 heavy (non-hydrogen) atoms. The van der Waals surface area contributed by atoms with Crippen molar-refractivity contribution in [1.82, 2.24) is 10.2 Å². The Kier molecular flexibility index (Phi) is 5.93. The van der Waals surface area contributed by atoms with Crippen LogP contribution in [0.1, 0.15) is 23.3 Å². The number of likely N-dealkylation sites (N-methyl/N-ethyl adjacent to an activating group) is 1. The molecule has 0 aliphatic carbocycles. The van der Waals surface area contributed by atoms with Crippen molar-refractivity contribution < 1.29 is 5.11 Å². The van der Waals surface area contributed by atoms with Crippen LogP contribution in [0.15, 0.2) is 60.7 Å². The summed E-state index contributed by atoms with van der Waals surface area (Å²) in [5.41, 5.74) is 2.04. The molecule has 2 aromatic carbocycles. The number of aliphatic hydroxyl groups excluding tert-OH is 1. The van der Waals surface area contributed by atoms with E-state index in [1.54, 1.807) is 0 Å². The summed E-state index contributed by atoms with van der Waals surface area (Å²) in [6.45, 7) is 1.77. The molecule has 0 unspecified atom stereocenters. The van der Waals surface area contributed by atoms with Crippen LogP contribution in [-0.4, -0.2) is 37.2 Å². The van der Waals surface area contributed by atoms with E-state index in [9.17, 15) is 5.11 Å². The van der Waals surface area contributed by atoms with Crippen molar-refractivity contribution in [2.24, 2.45) is 0 Å². The Morgan fingerprint density at radius 1 is 0.905 bits per heavy atom. The zero-order valence-corrected chi connectivity index (χ0v) is 12.7. The normalized spacial score (nSPS) is 14.1. The summed E-state index contributed by atoms with van der Waals surface area (Å²) in [6.07, 6.45) is -0.559. The van der Waals surface area contributed by atoms with Crippen molar-refractivity contribution in [1.29, 1.82) is 0 Å². The van der Waals surface area contributed by atoms with Crippen LogP contribution in [-0.2, 0) is 0 Å². The fraction of sp³-hybridized carbons (Fsp3) is 0.333. The van der Waals surface area contributed by atoms with Gasteiger partial charge in [0.2, 0.25) is 0 Å². The molecule has 3 heteroatoms. The first-order valence-corrected chi connectivity index (χ1v) is 7.34. The minimum atomic E-state index is -0.559. The lowest BCUT2D eigenvalue weighted by Crippen LogP contribution is -2.33. The minimum absolute atomic E-state index is 0.103. The number of hydrogen-bond donors (Lipinski definition) is 2. The minimum Gasteiger partial charge on any atom is -0.386 e.